The van der Waals surface area contributed by atoms with E-state index in [-0.39, 0.29) is 0 Å². The molecule has 0 saturated heterocycles. The van der Waals surface area contributed by atoms with Crippen LogP contribution in [0.4, 0.5) is 0 Å². The molecule has 1 N–H and O–H groups in total. The lowest BCUT2D eigenvalue weighted by Crippen LogP contribution is -2.19. The smallest absolute Gasteiger partial charge is 0.0972 e. The van der Waals surface area contributed by atoms with Crippen LogP contribution < -0.4 is 5.32 Å². The van der Waals surface area contributed by atoms with Gasteiger partial charge in [-0.3, -0.25) is 4.99 Å². The fourth-order valence-electron chi connectivity index (χ4n) is 2.53. The second-order valence-corrected chi connectivity index (χ2v) is 6.29. The normalized spacial score (nSPS) is 14.0. The molecule has 0 unspecified atom stereocenters. The molecule has 1 aliphatic heterocycles. The van der Waals surface area contributed by atoms with Gasteiger partial charge in [0.1, 0.15) is 0 Å². The van der Waals surface area contributed by atoms with Gasteiger partial charge in [-0.2, -0.15) is 0 Å². The van der Waals surface area contributed by atoms with E-state index in [4.69, 9.17) is 0 Å². The zero-order valence-corrected chi connectivity index (χ0v) is 12.9. The van der Waals surface area contributed by atoms with Crippen LogP contribution in [0.5, 0.6) is 0 Å². The lowest BCUT2D eigenvalue weighted by Gasteiger charge is -2.17. The molecule has 108 valence electrons. The zero-order valence-electron chi connectivity index (χ0n) is 12.0. The lowest BCUT2D eigenvalue weighted by molar-refractivity contribution is 0.951. The molecule has 0 bridgehead atoms. The maximum Gasteiger partial charge on any atom is 0.0972 e. The first-order chi connectivity index (χ1) is 10.4. The Bertz CT molecular complexity index is 541. The lowest BCUT2D eigenvalue weighted by atomic mass is 10.0. The van der Waals surface area contributed by atoms with E-state index in [0.717, 1.165) is 25.3 Å². The van der Waals surface area contributed by atoms with E-state index in [1.807, 2.05) is 11.8 Å². The summed E-state index contributed by atoms with van der Waals surface area (Å²) < 4.78 is 0. The number of benzene rings is 2. The highest BCUT2D eigenvalue weighted by Crippen LogP contribution is 2.35. The third kappa shape index (κ3) is 3.88. The summed E-state index contributed by atoms with van der Waals surface area (Å²) >= 11 is 1.99. The minimum atomic E-state index is 0.398. The van der Waals surface area contributed by atoms with Gasteiger partial charge >= 0.3 is 0 Å². The fourth-order valence-corrected chi connectivity index (χ4v) is 3.77. The summed E-state index contributed by atoms with van der Waals surface area (Å²) in [4.78, 5) is 4.47. The van der Waals surface area contributed by atoms with Crippen molar-refractivity contribution in [2.45, 2.75) is 11.7 Å². The van der Waals surface area contributed by atoms with E-state index < -0.39 is 0 Å². The Morgan fingerprint density at radius 2 is 1.57 bits per heavy atom. The summed E-state index contributed by atoms with van der Waals surface area (Å²) in [5.74, 6) is 2.25. The molecule has 3 rings (SSSR count). The van der Waals surface area contributed by atoms with Crippen LogP contribution >= 0.6 is 11.8 Å². The van der Waals surface area contributed by atoms with Crippen molar-refractivity contribution in [2.75, 3.05) is 18.8 Å². The predicted molar refractivity (Wildman–Crippen MR) is 92.1 cm³/mol. The molecule has 2 aromatic carbocycles. The number of rotatable bonds is 6. The molecular weight excluding hydrogens is 276 g/mol. The van der Waals surface area contributed by atoms with Gasteiger partial charge in [-0.15, -0.1) is 11.8 Å². The first-order valence-corrected chi connectivity index (χ1v) is 8.47. The van der Waals surface area contributed by atoms with Crippen molar-refractivity contribution >= 4 is 17.6 Å². The minimum Gasteiger partial charge on any atom is -0.372 e. The molecule has 1 heterocycles. The van der Waals surface area contributed by atoms with Gasteiger partial charge in [-0.25, -0.2) is 0 Å². The number of hydrogen-bond acceptors (Lipinski definition) is 3. The number of amidine groups is 1. The fraction of sp³-hybridized carbons (Fsp3) is 0.278. The summed E-state index contributed by atoms with van der Waals surface area (Å²) in [5.41, 5.74) is 2.74. The summed E-state index contributed by atoms with van der Waals surface area (Å²) in [6.07, 6.45) is 1.03. The van der Waals surface area contributed by atoms with Gasteiger partial charge in [-0.1, -0.05) is 60.7 Å². The Kier molecular flexibility index (Phi) is 4.95. The molecule has 0 amide bonds. The van der Waals surface area contributed by atoms with Gasteiger partial charge in [-0.05, 0) is 11.1 Å². The van der Waals surface area contributed by atoms with Crippen LogP contribution in [-0.2, 0) is 0 Å². The predicted octanol–water partition coefficient (Wildman–Crippen LogP) is 3.90. The number of aliphatic imine (C=N–C) groups is 1. The van der Waals surface area contributed by atoms with Gasteiger partial charge in [0.05, 0.1) is 17.6 Å². The van der Waals surface area contributed by atoms with Crippen LogP contribution in [0.2, 0.25) is 0 Å². The standard InChI is InChI=1S/C18H20N2S/c1-3-7-15(8-4-1)18(16-9-5-2-6-10-16)21-14-11-17-19-12-13-20-17/h1-10,18H,11-14H2,(H,19,20). The Morgan fingerprint density at radius 3 is 2.10 bits per heavy atom. The van der Waals surface area contributed by atoms with E-state index in [2.05, 4.69) is 71.0 Å². The second kappa shape index (κ2) is 7.32. The van der Waals surface area contributed by atoms with Crippen molar-refractivity contribution in [3.63, 3.8) is 0 Å². The largest absolute Gasteiger partial charge is 0.372 e. The molecular formula is C18H20N2S. The van der Waals surface area contributed by atoms with Crippen LogP contribution in [0.15, 0.2) is 65.7 Å². The van der Waals surface area contributed by atoms with E-state index in [9.17, 15) is 0 Å². The van der Waals surface area contributed by atoms with Crippen LogP contribution in [0.1, 0.15) is 22.8 Å². The van der Waals surface area contributed by atoms with Gasteiger partial charge < -0.3 is 5.32 Å². The number of hydrogen-bond donors (Lipinski definition) is 1. The van der Waals surface area contributed by atoms with Crippen molar-refractivity contribution in [3.05, 3.63) is 71.8 Å². The maximum atomic E-state index is 4.47. The van der Waals surface area contributed by atoms with Crippen LogP contribution in [-0.4, -0.2) is 24.7 Å². The maximum absolute atomic E-state index is 4.47. The van der Waals surface area contributed by atoms with Gasteiger partial charge in [0, 0.05) is 18.7 Å². The topological polar surface area (TPSA) is 24.4 Å². The molecule has 0 aliphatic carbocycles. The van der Waals surface area contributed by atoms with Gasteiger partial charge in [0.2, 0.25) is 0 Å². The summed E-state index contributed by atoms with van der Waals surface area (Å²) in [6.45, 7) is 1.93. The second-order valence-electron chi connectivity index (χ2n) is 5.08. The Balaban J connectivity index is 1.70. The molecule has 0 radical (unpaired) electrons. The van der Waals surface area contributed by atoms with Gasteiger partial charge in [0.15, 0.2) is 0 Å². The van der Waals surface area contributed by atoms with Gasteiger partial charge in [0.25, 0.3) is 0 Å². The van der Waals surface area contributed by atoms with Crippen molar-refractivity contribution in [2.24, 2.45) is 4.99 Å². The van der Waals surface area contributed by atoms with Crippen LogP contribution in [0.25, 0.3) is 0 Å². The van der Waals surface area contributed by atoms with Crippen molar-refractivity contribution in [1.29, 1.82) is 0 Å². The molecule has 3 heteroatoms. The molecule has 1 aliphatic rings. The number of nitrogens with one attached hydrogen (secondary N) is 1. The molecule has 2 nitrogen and oxygen atoms in total. The van der Waals surface area contributed by atoms with E-state index in [1.54, 1.807) is 0 Å². The van der Waals surface area contributed by atoms with Crippen LogP contribution in [0.3, 0.4) is 0 Å². The Hall–Kier alpha value is -1.74. The molecule has 21 heavy (non-hydrogen) atoms. The summed E-state index contributed by atoms with van der Waals surface area (Å²) in [5, 5.41) is 3.74. The summed E-state index contributed by atoms with van der Waals surface area (Å²) in [6, 6.07) is 21.5. The first kappa shape index (κ1) is 14.2. The van der Waals surface area contributed by atoms with Crippen molar-refractivity contribution in [1.82, 2.24) is 5.32 Å². The molecule has 0 atom stereocenters. The Labute approximate surface area is 130 Å². The minimum absolute atomic E-state index is 0.398. The molecule has 2 aromatic rings. The van der Waals surface area contributed by atoms with E-state index in [1.165, 1.54) is 17.0 Å². The molecule has 0 spiro atoms. The SMILES string of the molecule is c1ccc(C(SCCC2=NCCN2)c2ccccc2)cc1. The average molecular weight is 296 g/mol. The Morgan fingerprint density at radius 1 is 0.952 bits per heavy atom. The molecule has 0 fully saturated rings. The summed E-state index contributed by atoms with van der Waals surface area (Å²) in [7, 11) is 0. The monoisotopic (exact) mass is 296 g/mol. The molecule has 0 aromatic heterocycles. The van der Waals surface area contributed by atoms with Crippen LogP contribution in [0, 0.1) is 0 Å². The highest BCUT2D eigenvalue weighted by Gasteiger charge is 2.15. The first-order valence-electron chi connectivity index (χ1n) is 7.42. The van der Waals surface area contributed by atoms with Crippen molar-refractivity contribution in [3.8, 4) is 0 Å². The highest BCUT2D eigenvalue weighted by atomic mass is 32.2. The molecule has 0 saturated carbocycles. The highest BCUT2D eigenvalue weighted by molar-refractivity contribution is 7.99. The van der Waals surface area contributed by atoms with E-state index in [0.29, 0.717) is 5.25 Å². The third-order valence-corrected chi connectivity index (χ3v) is 4.89. The average Bonchev–Trinajstić information content (AvgIpc) is 3.07. The number of nitrogens with zero attached hydrogens (tertiary/aromatic N) is 1. The van der Waals surface area contributed by atoms with Crippen molar-refractivity contribution < 1.29 is 0 Å². The number of thioether (sulfide) groups is 1. The van der Waals surface area contributed by atoms with E-state index >= 15 is 0 Å². The third-order valence-electron chi connectivity index (χ3n) is 3.57. The quantitative estimate of drug-likeness (QED) is 0.874. The zero-order chi connectivity index (χ0) is 14.3.